The van der Waals surface area contributed by atoms with Gasteiger partial charge in [0.25, 0.3) is 0 Å². The Hall–Kier alpha value is -1.07. The van der Waals surface area contributed by atoms with E-state index < -0.39 is 11.7 Å². The minimum atomic E-state index is -4.28. The molecule has 21 heavy (non-hydrogen) atoms. The van der Waals surface area contributed by atoms with E-state index >= 15 is 0 Å². The summed E-state index contributed by atoms with van der Waals surface area (Å²) in [5, 5.41) is 0. The molecule has 0 saturated heterocycles. The number of hydrogen-bond acceptors (Lipinski definition) is 2. The Kier molecular flexibility index (Phi) is 4.94. The van der Waals surface area contributed by atoms with E-state index in [9.17, 15) is 13.2 Å². The first-order valence-electron chi connectivity index (χ1n) is 7.47. The Morgan fingerprint density at radius 2 is 1.71 bits per heavy atom. The van der Waals surface area contributed by atoms with Crippen molar-refractivity contribution in [3.63, 3.8) is 0 Å². The molecule has 5 heteroatoms. The van der Waals surface area contributed by atoms with Crippen molar-refractivity contribution in [1.82, 2.24) is 5.43 Å². The molecule has 1 aromatic carbocycles. The maximum atomic E-state index is 12.6. The van der Waals surface area contributed by atoms with Gasteiger partial charge in [-0.05, 0) is 42.4 Å². The molecule has 1 aromatic rings. The second-order valence-corrected chi connectivity index (χ2v) is 6.33. The van der Waals surface area contributed by atoms with E-state index in [2.05, 4.69) is 12.3 Å². The maximum absolute atomic E-state index is 12.6. The van der Waals surface area contributed by atoms with Crippen molar-refractivity contribution in [1.29, 1.82) is 0 Å². The van der Waals surface area contributed by atoms with Gasteiger partial charge in [0.1, 0.15) is 0 Å². The summed E-state index contributed by atoms with van der Waals surface area (Å²) in [6.07, 6.45) is 2.26. The lowest BCUT2D eigenvalue weighted by molar-refractivity contribution is -0.137. The summed E-state index contributed by atoms with van der Waals surface area (Å²) in [4.78, 5) is 0. The van der Waals surface area contributed by atoms with Gasteiger partial charge in [-0.2, -0.15) is 13.2 Å². The van der Waals surface area contributed by atoms with Gasteiger partial charge in [-0.25, -0.2) is 0 Å². The molecule has 2 rings (SSSR count). The van der Waals surface area contributed by atoms with Gasteiger partial charge in [0.2, 0.25) is 0 Å². The molecule has 118 valence electrons. The van der Waals surface area contributed by atoms with E-state index in [1.807, 2.05) is 0 Å². The minimum absolute atomic E-state index is 0.0922. The van der Waals surface area contributed by atoms with Gasteiger partial charge in [0.15, 0.2) is 0 Å². The van der Waals surface area contributed by atoms with Crippen LogP contribution in [0.25, 0.3) is 0 Å². The van der Waals surface area contributed by atoms with Crippen LogP contribution in [0.1, 0.15) is 50.2 Å². The lowest BCUT2D eigenvalue weighted by Gasteiger charge is -2.40. The molecule has 0 bridgehead atoms. The highest BCUT2D eigenvalue weighted by molar-refractivity contribution is 5.25. The molecule has 0 aromatic heterocycles. The molecule has 3 N–H and O–H groups in total. The van der Waals surface area contributed by atoms with E-state index in [1.165, 1.54) is 19.3 Å². The highest BCUT2D eigenvalue weighted by Gasteiger charge is 2.35. The zero-order chi connectivity index (χ0) is 15.5. The summed E-state index contributed by atoms with van der Waals surface area (Å²) in [6.45, 7) is 2.22. The van der Waals surface area contributed by atoms with Crippen LogP contribution >= 0.6 is 0 Å². The summed E-state index contributed by atoms with van der Waals surface area (Å²) < 4.78 is 37.7. The molecule has 1 aliphatic carbocycles. The van der Waals surface area contributed by atoms with E-state index in [0.29, 0.717) is 6.42 Å². The first-order valence-corrected chi connectivity index (χ1v) is 7.47. The number of nitrogens with two attached hydrogens (primary N) is 1. The number of benzene rings is 1. The highest BCUT2D eigenvalue weighted by Crippen LogP contribution is 2.39. The largest absolute Gasteiger partial charge is 0.416 e. The third-order valence-electron chi connectivity index (χ3n) is 4.76. The lowest BCUT2D eigenvalue weighted by Crippen LogP contribution is -2.49. The molecule has 0 amide bonds. The van der Waals surface area contributed by atoms with Crippen LogP contribution < -0.4 is 11.3 Å². The van der Waals surface area contributed by atoms with E-state index in [-0.39, 0.29) is 11.5 Å². The molecular formula is C16H23F3N2. The summed E-state index contributed by atoms with van der Waals surface area (Å²) >= 11 is 0. The molecule has 0 heterocycles. The topological polar surface area (TPSA) is 38.0 Å². The number of hydrazine groups is 1. The Morgan fingerprint density at radius 3 is 2.19 bits per heavy atom. The quantitative estimate of drug-likeness (QED) is 0.650. The fraction of sp³-hybridized carbons (Fsp3) is 0.625. The highest BCUT2D eigenvalue weighted by atomic mass is 19.4. The van der Waals surface area contributed by atoms with Crippen molar-refractivity contribution in [2.75, 3.05) is 0 Å². The van der Waals surface area contributed by atoms with Gasteiger partial charge < -0.3 is 0 Å². The maximum Gasteiger partial charge on any atom is 0.416 e. The first-order chi connectivity index (χ1) is 9.85. The van der Waals surface area contributed by atoms with Crippen LogP contribution in [0.3, 0.4) is 0 Å². The second kappa shape index (κ2) is 6.36. The number of hydrogen-bond donors (Lipinski definition) is 2. The number of halogens is 3. The van der Waals surface area contributed by atoms with Gasteiger partial charge >= 0.3 is 6.18 Å². The number of rotatable bonds is 4. The summed E-state index contributed by atoms with van der Waals surface area (Å²) in [5.41, 5.74) is 3.29. The van der Waals surface area contributed by atoms with Crippen LogP contribution in [0.15, 0.2) is 24.3 Å². The molecule has 0 spiro atoms. The van der Waals surface area contributed by atoms with Crippen molar-refractivity contribution >= 4 is 0 Å². The van der Waals surface area contributed by atoms with Crippen LogP contribution in [0.4, 0.5) is 13.2 Å². The van der Waals surface area contributed by atoms with Crippen LogP contribution in [0.2, 0.25) is 0 Å². The van der Waals surface area contributed by atoms with Crippen LogP contribution in [0.5, 0.6) is 0 Å². The third kappa shape index (κ3) is 3.98. The van der Waals surface area contributed by atoms with E-state index in [1.54, 1.807) is 12.1 Å². The molecule has 0 radical (unpaired) electrons. The lowest BCUT2D eigenvalue weighted by atomic mass is 9.69. The van der Waals surface area contributed by atoms with Crippen molar-refractivity contribution in [3.8, 4) is 0 Å². The van der Waals surface area contributed by atoms with Gasteiger partial charge in [-0.15, -0.1) is 0 Å². The van der Waals surface area contributed by atoms with Crippen molar-refractivity contribution in [2.45, 2.75) is 57.7 Å². The van der Waals surface area contributed by atoms with Crippen LogP contribution in [-0.4, -0.2) is 6.04 Å². The van der Waals surface area contributed by atoms with Gasteiger partial charge in [0, 0.05) is 6.04 Å². The van der Waals surface area contributed by atoms with E-state index in [0.717, 1.165) is 30.5 Å². The summed E-state index contributed by atoms with van der Waals surface area (Å²) in [6, 6.07) is 5.49. The molecule has 2 nitrogen and oxygen atoms in total. The fourth-order valence-corrected chi connectivity index (χ4v) is 3.28. The van der Waals surface area contributed by atoms with Crippen molar-refractivity contribution < 1.29 is 13.2 Å². The Morgan fingerprint density at radius 1 is 1.14 bits per heavy atom. The average molecular weight is 300 g/mol. The number of nitrogens with one attached hydrogen (secondary N) is 1. The predicted octanol–water partition coefficient (Wildman–Crippen LogP) is 4.05. The molecule has 1 atom stereocenters. The average Bonchev–Trinajstić information content (AvgIpc) is 2.45. The summed E-state index contributed by atoms with van der Waals surface area (Å²) in [5.74, 6) is 5.71. The van der Waals surface area contributed by atoms with E-state index in [4.69, 9.17) is 5.84 Å². The Bertz CT molecular complexity index is 448. The molecule has 1 aliphatic rings. The third-order valence-corrected chi connectivity index (χ3v) is 4.76. The van der Waals surface area contributed by atoms with Gasteiger partial charge in [0.05, 0.1) is 5.56 Å². The second-order valence-electron chi connectivity index (χ2n) is 6.33. The zero-order valence-corrected chi connectivity index (χ0v) is 12.3. The standard InChI is InChI=1S/C16H23F3N2/c1-15(9-3-2-4-10-15)14(21-20)11-12-5-7-13(8-6-12)16(17,18)19/h5-8,14,21H,2-4,9-11,20H2,1H3. The smallest absolute Gasteiger partial charge is 0.271 e. The van der Waals surface area contributed by atoms with Crippen molar-refractivity contribution in [3.05, 3.63) is 35.4 Å². The summed E-state index contributed by atoms with van der Waals surface area (Å²) in [7, 11) is 0. The molecular weight excluding hydrogens is 277 g/mol. The van der Waals surface area contributed by atoms with Gasteiger partial charge in [-0.1, -0.05) is 38.3 Å². The first kappa shape index (κ1) is 16.3. The minimum Gasteiger partial charge on any atom is -0.271 e. The normalized spacial score (nSPS) is 20.2. The van der Waals surface area contributed by atoms with Crippen LogP contribution in [0, 0.1) is 5.41 Å². The van der Waals surface area contributed by atoms with Crippen molar-refractivity contribution in [2.24, 2.45) is 11.3 Å². The molecule has 1 saturated carbocycles. The molecule has 1 fully saturated rings. The predicted molar refractivity (Wildman–Crippen MR) is 77.5 cm³/mol. The SMILES string of the molecule is CC1(C(Cc2ccc(C(F)(F)F)cc2)NN)CCCCC1. The molecule has 0 aliphatic heterocycles. The molecule has 1 unspecified atom stereocenters. The zero-order valence-electron chi connectivity index (χ0n) is 12.3. The monoisotopic (exact) mass is 300 g/mol. The van der Waals surface area contributed by atoms with Crippen LogP contribution in [-0.2, 0) is 12.6 Å². The fourth-order valence-electron chi connectivity index (χ4n) is 3.28. The number of alkyl halides is 3. The Balaban J connectivity index is 2.08. The Labute approximate surface area is 123 Å². The van der Waals surface area contributed by atoms with Gasteiger partial charge in [-0.3, -0.25) is 11.3 Å².